The van der Waals surface area contributed by atoms with Crippen molar-refractivity contribution in [1.29, 1.82) is 0 Å². The predicted octanol–water partition coefficient (Wildman–Crippen LogP) is 3.18. The molecule has 2 N–H and O–H groups in total. The summed E-state index contributed by atoms with van der Waals surface area (Å²) in [7, 11) is -3.52. The van der Waals surface area contributed by atoms with Gasteiger partial charge in [-0.3, -0.25) is 0 Å². The quantitative estimate of drug-likeness (QED) is 0.820. The molecule has 1 aromatic carbocycles. The fourth-order valence-corrected chi connectivity index (χ4v) is 6.27. The van der Waals surface area contributed by atoms with Gasteiger partial charge in [-0.2, -0.15) is 0 Å². The summed E-state index contributed by atoms with van der Waals surface area (Å²) in [6, 6.07) is 6.40. The van der Waals surface area contributed by atoms with Gasteiger partial charge in [0.2, 0.25) is 10.0 Å². The molecule has 3 nitrogen and oxygen atoms in total. The van der Waals surface area contributed by atoms with E-state index >= 15 is 0 Å². The number of hydrogen-bond donors (Lipinski definition) is 1. The predicted molar refractivity (Wildman–Crippen MR) is 79.7 cm³/mol. The van der Waals surface area contributed by atoms with Crippen molar-refractivity contribution in [1.82, 2.24) is 0 Å². The van der Waals surface area contributed by atoms with E-state index in [2.05, 4.69) is 20.8 Å². The first-order valence-electron chi connectivity index (χ1n) is 6.28. The maximum Gasteiger partial charge on any atom is 0.238 e. The van der Waals surface area contributed by atoms with Crippen molar-refractivity contribution >= 4 is 29.8 Å². The number of primary sulfonamides is 1. The number of sulfonamides is 1. The van der Waals surface area contributed by atoms with Crippen molar-refractivity contribution in [2.45, 2.75) is 45.9 Å². The largest absolute Gasteiger partial charge is 0.238 e. The maximum atomic E-state index is 10.7. The van der Waals surface area contributed by atoms with E-state index in [-0.39, 0.29) is 4.90 Å². The molecule has 1 rings (SSSR count). The van der Waals surface area contributed by atoms with Gasteiger partial charge in [0.15, 0.2) is 0 Å². The SMILES string of the molecule is C[CH2][Sn+]([CH2]C)[CH2]C.Cc1ccc(S(N)(=O)=O)cc1. The third kappa shape index (κ3) is 7.38. The minimum atomic E-state index is -3.52. The molecule has 102 valence electrons. The van der Waals surface area contributed by atoms with Crippen LogP contribution in [0.25, 0.3) is 0 Å². The van der Waals surface area contributed by atoms with Crippen LogP contribution in [0.1, 0.15) is 26.3 Å². The molecule has 0 saturated carbocycles. The first-order valence-corrected chi connectivity index (χ1v) is 13.9. The first kappa shape index (κ1) is 17.9. The van der Waals surface area contributed by atoms with Crippen molar-refractivity contribution in [2.75, 3.05) is 0 Å². The second kappa shape index (κ2) is 8.93. The summed E-state index contributed by atoms with van der Waals surface area (Å²) in [5.41, 5.74) is 1.01. The molecule has 0 amide bonds. The van der Waals surface area contributed by atoms with Crippen molar-refractivity contribution in [3.05, 3.63) is 29.8 Å². The van der Waals surface area contributed by atoms with Gasteiger partial charge < -0.3 is 0 Å². The van der Waals surface area contributed by atoms with Crippen molar-refractivity contribution < 1.29 is 8.42 Å². The van der Waals surface area contributed by atoms with Crippen LogP contribution in [-0.2, 0) is 10.0 Å². The number of hydrogen-bond acceptors (Lipinski definition) is 2. The summed E-state index contributed by atoms with van der Waals surface area (Å²) in [5, 5.41) is 4.88. The molecule has 0 saturated heterocycles. The topological polar surface area (TPSA) is 60.2 Å². The van der Waals surface area contributed by atoms with Crippen LogP contribution < -0.4 is 5.14 Å². The fourth-order valence-electron chi connectivity index (χ4n) is 1.48. The molecule has 0 aromatic heterocycles. The molecule has 0 aliphatic rings. The molecule has 0 unspecified atom stereocenters. The fraction of sp³-hybridized carbons (Fsp3) is 0.538. The molecule has 0 aliphatic carbocycles. The van der Waals surface area contributed by atoms with Crippen LogP contribution in [0.5, 0.6) is 0 Å². The minimum absolute atomic E-state index is 0.156. The van der Waals surface area contributed by atoms with Crippen LogP contribution in [0, 0.1) is 6.92 Å². The number of rotatable bonds is 4. The smallest absolute Gasteiger partial charge is 0.225 e. The van der Waals surface area contributed by atoms with E-state index in [1.165, 1.54) is 12.1 Å². The van der Waals surface area contributed by atoms with Crippen molar-refractivity contribution in [3.8, 4) is 0 Å². The van der Waals surface area contributed by atoms with E-state index in [1.807, 2.05) is 6.92 Å². The summed E-state index contributed by atoms with van der Waals surface area (Å²) in [5.74, 6) is 0. The number of benzene rings is 1. The molecule has 18 heavy (non-hydrogen) atoms. The van der Waals surface area contributed by atoms with Gasteiger partial charge >= 0.3 is 53.8 Å². The zero-order chi connectivity index (χ0) is 14.2. The Morgan fingerprint density at radius 3 is 1.61 bits per heavy atom. The summed E-state index contributed by atoms with van der Waals surface area (Å²) in [6.07, 6.45) is 0. The Labute approximate surface area is 119 Å². The summed E-state index contributed by atoms with van der Waals surface area (Å²) >= 11 is -0.653. The molecule has 0 heterocycles. The molecule has 5 heteroatoms. The van der Waals surface area contributed by atoms with E-state index in [0.717, 1.165) is 5.56 Å². The van der Waals surface area contributed by atoms with Crippen LogP contribution in [0.3, 0.4) is 0 Å². The van der Waals surface area contributed by atoms with Gasteiger partial charge in [0, 0.05) is 0 Å². The second-order valence-electron chi connectivity index (χ2n) is 4.17. The van der Waals surface area contributed by atoms with E-state index in [0.29, 0.717) is 0 Å². The third-order valence-corrected chi connectivity index (χ3v) is 12.3. The molecular formula is C13H24NO2SSn+. The van der Waals surface area contributed by atoms with Gasteiger partial charge in [-0.05, 0) is 19.1 Å². The zero-order valence-electron chi connectivity index (χ0n) is 11.7. The standard InChI is InChI=1S/C7H9NO2S.3C2H5.Sn/c1-6-2-4-7(5-3-6)11(8,9)10;3*1-2;/h2-5H,1H3,(H2,8,9,10);3*1H2,2H3;/q;;;;+1. The van der Waals surface area contributed by atoms with Gasteiger partial charge in [-0.15, -0.1) is 0 Å². The van der Waals surface area contributed by atoms with Crippen LogP contribution in [0.15, 0.2) is 29.2 Å². The minimum Gasteiger partial charge on any atom is -0.225 e. The Hall–Kier alpha value is -0.0713. The summed E-state index contributed by atoms with van der Waals surface area (Å²) in [6.45, 7) is 8.93. The van der Waals surface area contributed by atoms with E-state index in [4.69, 9.17) is 5.14 Å². The Bertz CT molecular complexity index is 419. The van der Waals surface area contributed by atoms with Gasteiger partial charge in [-0.25, -0.2) is 13.6 Å². The Kier molecular flexibility index (Phi) is 8.90. The molecular weight excluding hydrogens is 353 g/mol. The van der Waals surface area contributed by atoms with Gasteiger partial charge in [-0.1, -0.05) is 17.7 Å². The molecule has 0 aliphatic heterocycles. The Morgan fingerprint density at radius 2 is 1.39 bits per heavy atom. The normalized spacial score (nSPS) is 10.5. The molecule has 0 atom stereocenters. The van der Waals surface area contributed by atoms with E-state index in [9.17, 15) is 8.42 Å². The molecule has 0 radical (unpaired) electrons. The van der Waals surface area contributed by atoms with Gasteiger partial charge in [0.05, 0.1) is 4.90 Å². The molecule has 1 aromatic rings. The average Bonchev–Trinajstić information content (AvgIpc) is 2.31. The van der Waals surface area contributed by atoms with Gasteiger partial charge in [0.25, 0.3) is 0 Å². The second-order valence-corrected chi connectivity index (χ2v) is 16.1. The van der Waals surface area contributed by atoms with Crippen LogP contribution in [0.2, 0.25) is 13.3 Å². The van der Waals surface area contributed by atoms with E-state index in [1.54, 1.807) is 25.4 Å². The van der Waals surface area contributed by atoms with Crippen LogP contribution >= 0.6 is 0 Å². The Morgan fingerprint density at radius 1 is 1.00 bits per heavy atom. The zero-order valence-corrected chi connectivity index (χ0v) is 15.4. The monoisotopic (exact) mass is 378 g/mol. The van der Waals surface area contributed by atoms with Crippen molar-refractivity contribution in [2.24, 2.45) is 5.14 Å². The van der Waals surface area contributed by atoms with E-state index < -0.39 is 29.8 Å². The van der Waals surface area contributed by atoms with Crippen LogP contribution in [-0.4, -0.2) is 28.2 Å². The number of aryl methyl sites for hydroxylation is 1. The molecule has 0 bridgehead atoms. The average molecular weight is 377 g/mol. The Balaban J connectivity index is 0.000000360. The third-order valence-electron chi connectivity index (χ3n) is 2.85. The summed E-state index contributed by atoms with van der Waals surface area (Å²) in [4.78, 5) is 0.156. The first-order chi connectivity index (χ1) is 8.35. The van der Waals surface area contributed by atoms with Crippen LogP contribution in [0.4, 0.5) is 0 Å². The number of nitrogens with two attached hydrogens (primary N) is 1. The molecule has 0 spiro atoms. The maximum absolute atomic E-state index is 10.7. The summed E-state index contributed by atoms with van der Waals surface area (Å²) < 4.78 is 26.1. The van der Waals surface area contributed by atoms with Gasteiger partial charge in [0.1, 0.15) is 0 Å². The molecule has 0 fully saturated rings. The van der Waals surface area contributed by atoms with Crippen molar-refractivity contribution in [3.63, 3.8) is 0 Å².